The van der Waals surface area contributed by atoms with E-state index in [9.17, 15) is 9.59 Å². The number of hydrogen-bond donors (Lipinski definition) is 2. The lowest BCUT2D eigenvalue weighted by molar-refractivity contribution is 0.0520. The van der Waals surface area contributed by atoms with E-state index in [1.165, 1.54) is 27.7 Å². The van der Waals surface area contributed by atoms with Gasteiger partial charge in [-0.2, -0.15) is 10.2 Å². The van der Waals surface area contributed by atoms with Crippen LogP contribution in [-0.4, -0.2) is 41.9 Å². The molecule has 21 heavy (non-hydrogen) atoms. The number of carbonyl (C=O) groups excluding carboxylic acids is 1. The van der Waals surface area contributed by atoms with Crippen molar-refractivity contribution in [3.05, 3.63) is 34.8 Å². The van der Waals surface area contributed by atoms with E-state index in [2.05, 4.69) is 20.3 Å². The molecule has 3 aromatic heterocycles. The fraction of sp³-hybridized carbons (Fsp3) is 0.182. The second-order valence-corrected chi connectivity index (χ2v) is 4.10. The van der Waals surface area contributed by atoms with Gasteiger partial charge in [-0.1, -0.05) is 0 Å². The van der Waals surface area contributed by atoms with E-state index in [4.69, 9.17) is 10.5 Å². The maximum atomic E-state index is 11.7. The Kier molecular flexibility index (Phi) is 2.90. The van der Waals surface area contributed by atoms with Crippen molar-refractivity contribution >= 4 is 17.3 Å². The number of nitrogens with one attached hydrogen (secondary N) is 1. The number of rotatable bonds is 3. The number of fused-ring (bicyclic) bond motifs is 1. The Bertz CT molecular complexity index is 875. The fourth-order valence-corrected chi connectivity index (χ4v) is 1.79. The Balaban J connectivity index is 2.04. The summed E-state index contributed by atoms with van der Waals surface area (Å²) >= 11 is 0. The van der Waals surface area contributed by atoms with E-state index in [-0.39, 0.29) is 18.0 Å². The summed E-state index contributed by atoms with van der Waals surface area (Å²) in [5.74, 6) is -0.241. The van der Waals surface area contributed by atoms with Gasteiger partial charge >= 0.3 is 11.7 Å². The summed E-state index contributed by atoms with van der Waals surface area (Å²) in [6.45, 7) is 1.92. The molecule has 108 valence electrons. The van der Waals surface area contributed by atoms with Crippen LogP contribution in [0.4, 0.5) is 5.69 Å². The van der Waals surface area contributed by atoms with Crippen molar-refractivity contribution in [3.63, 3.8) is 0 Å². The van der Waals surface area contributed by atoms with Crippen molar-refractivity contribution in [1.82, 2.24) is 29.4 Å². The Morgan fingerprint density at radius 1 is 1.52 bits per heavy atom. The summed E-state index contributed by atoms with van der Waals surface area (Å²) in [6.07, 6.45) is 2.74. The number of nitrogens with zero attached hydrogens (tertiary/aromatic N) is 5. The molecule has 0 aliphatic carbocycles. The van der Waals surface area contributed by atoms with Crippen LogP contribution in [0.25, 0.3) is 11.5 Å². The second-order valence-electron chi connectivity index (χ2n) is 4.10. The first kappa shape index (κ1) is 12.8. The minimum absolute atomic E-state index is 0.0120. The van der Waals surface area contributed by atoms with Crippen molar-refractivity contribution in [2.75, 3.05) is 12.3 Å². The number of carbonyl (C=O) groups is 1. The molecule has 0 aliphatic rings. The maximum absolute atomic E-state index is 11.7. The maximum Gasteiger partial charge on any atom is 0.361 e. The van der Waals surface area contributed by atoms with E-state index in [0.717, 1.165) is 0 Å². The lowest BCUT2D eigenvalue weighted by Gasteiger charge is -2.00. The number of nitrogens with two attached hydrogens (primary N) is 1. The monoisotopic (exact) mass is 289 g/mol. The molecule has 3 N–H and O–H groups in total. The van der Waals surface area contributed by atoms with Crippen LogP contribution >= 0.6 is 0 Å². The molecule has 10 heteroatoms. The molecule has 3 rings (SSSR count). The van der Waals surface area contributed by atoms with E-state index in [0.29, 0.717) is 11.5 Å². The lowest BCUT2D eigenvalue weighted by atomic mass is 10.4. The van der Waals surface area contributed by atoms with Gasteiger partial charge in [0.05, 0.1) is 18.5 Å². The highest BCUT2D eigenvalue weighted by atomic mass is 16.5. The Morgan fingerprint density at radius 2 is 2.33 bits per heavy atom. The van der Waals surface area contributed by atoms with Crippen molar-refractivity contribution in [2.24, 2.45) is 0 Å². The van der Waals surface area contributed by atoms with Crippen LogP contribution in [0.3, 0.4) is 0 Å². The summed E-state index contributed by atoms with van der Waals surface area (Å²) < 4.78 is 7.41. The van der Waals surface area contributed by atoms with Gasteiger partial charge in [0.15, 0.2) is 17.2 Å². The van der Waals surface area contributed by atoms with Gasteiger partial charge < -0.3 is 10.5 Å². The van der Waals surface area contributed by atoms with Crippen molar-refractivity contribution in [2.45, 2.75) is 6.92 Å². The number of anilines is 1. The van der Waals surface area contributed by atoms with Gasteiger partial charge in [-0.05, 0) is 6.92 Å². The Morgan fingerprint density at radius 3 is 3.10 bits per heavy atom. The minimum atomic E-state index is -0.606. The first-order chi connectivity index (χ1) is 10.1. The van der Waals surface area contributed by atoms with Gasteiger partial charge in [-0.25, -0.2) is 28.8 Å². The predicted octanol–water partition coefficient (Wildman–Crippen LogP) is -0.638. The second kappa shape index (κ2) is 4.74. The molecule has 3 heterocycles. The molecule has 0 radical (unpaired) electrons. The zero-order chi connectivity index (χ0) is 15.0. The molecule has 0 aromatic carbocycles. The largest absolute Gasteiger partial charge is 0.461 e. The Hall–Kier alpha value is -3.17. The zero-order valence-corrected chi connectivity index (χ0v) is 11.0. The highest BCUT2D eigenvalue weighted by Crippen LogP contribution is 2.14. The zero-order valence-electron chi connectivity index (χ0n) is 11.0. The summed E-state index contributed by atoms with van der Waals surface area (Å²) in [7, 11) is 0. The van der Waals surface area contributed by atoms with Crippen LogP contribution in [0.15, 0.2) is 23.4 Å². The average molecular weight is 289 g/mol. The normalized spacial score (nSPS) is 10.9. The number of esters is 1. The number of hydrogen-bond acceptors (Lipinski definition) is 7. The molecule has 0 bridgehead atoms. The Labute approximate surface area is 117 Å². The van der Waals surface area contributed by atoms with E-state index >= 15 is 0 Å². The first-order valence-corrected chi connectivity index (χ1v) is 6.05. The van der Waals surface area contributed by atoms with Gasteiger partial charge in [0, 0.05) is 6.07 Å². The summed E-state index contributed by atoms with van der Waals surface area (Å²) in [5, 5.41) is 10.2. The molecule has 10 nitrogen and oxygen atoms in total. The molecule has 0 unspecified atom stereocenters. The van der Waals surface area contributed by atoms with Crippen LogP contribution in [0.5, 0.6) is 0 Å². The molecule has 0 amide bonds. The molecular weight excluding hydrogens is 278 g/mol. The SMILES string of the molecule is CCOC(=O)c1nn(-c2cc3n[nH]c(=O)n3cn2)cc1N. The van der Waals surface area contributed by atoms with Crippen LogP contribution < -0.4 is 11.4 Å². The van der Waals surface area contributed by atoms with Gasteiger partial charge in [0.2, 0.25) is 0 Å². The van der Waals surface area contributed by atoms with Gasteiger partial charge in [0.25, 0.3) is 0 Å². The molecule has 0 atom stereocenters. The number of H-pyrrole nitrogens is 1. The first-order valence-electron chi connectivity index (χ1n) is 6.05. The van der Waals surface area contributed by atoms with Crippen LogP contribution in [0, 0.1) is 0 Å². The molecule has 0 spiro atoms. The van der Waals surface area contributed by atoms with E-state index in [1.807, 2.05) is 0 Å². The highest BCUT2D eigenvalue weighted by molar-refractivity contribution is 5.92. The quantitative estimate of drug-likeness (QED) is 0.613. The fourth-order valence-electron chi connectivity index (χ4n) is 1.79. The van der Waals surface area contributed by atoms with Crippen LogP contribution in [-0.2, 0) is 4.74 Å². The predicted molar refractivity (Wildman–Crippen MR) is 71.1 cm³/mol. The number of aromatic nitrogens is 6. The van der Waals surface area contributed by atoms with Crippen molar-refractivity contribution in [3.8, 4) is 5.82 Å². The third kappa shape index (κ3) is 2.12. The van der Waals surface area contributed by atoms with Gasteiger partial charge in [-0.3, -0.25) is 0 Å². The van der Waals surface area contributed by atoms with Crippen LogP contribution in [0.2, 0.25) is 0 Å². The van der Waals surface area contributed by atoms with Crippen LogP contribution in [0.1, 0.15) is 17.4 Å². The molecule has 0 saturated carbocycles. The molecule has 0 fully saturated rings. The molecule has 0 aliphatic heterocycles. The smallest absolute Gasteiger partial charge is 0.361 e. The highest BCUT2D eigenvalue weighted by Gasteiger charge is 2.17. The minimum Gasteiger partial charge on any atom is -0.461 e. The third-order valence-corrected chi connectivity index (χ3v) is 2.74. The van der Waals surface area contributed by atoms with E-state index in [1.54, 1.807) is 6.92 Å². The number of ether oxygens (including phenoxy) is 1. The summed E-state index contributed by atoms with van der Waals surface area (Å²) in [4.78, 5) is 27.1. The van der Waals surface area contributed by atoms with Gasteiger partial charge in [0.1, 0.15) is 6.33 Å². The summed E-state index contributed by atoms with van der Waals surface area (Å²) in [5.41, 5.74) is 5.90. The summed E-state index contributed by atoms with van der Waals surface area (Å²) in [6, 6.07) is 1.53. The average Bonchev–Trinajstić information content (AvgIpc) is 3.03. The van der Waals surface area contributed by atoms with Crippen molar-refractivity contribution < 1.29 is 9.53 Å². The van der Waals surface area contributed by atoms with Gasteiger partial charge in [-0.15, -0.1) is 0 Å². The number of aromatic amines is 1. The third-order valence-electron chi connectivity index (χ3n) is 2.74. The molecular formula is C11H11N7O3. The van der Waals surface area contributed by atoms with Crippen molar-refractivity contribution in [1.29, 1.82) is 0 Å². The molecule has 0 saturated heterocycles. The lowest BCUT2D eigenvalue weighted by Crippen LogP contribution is -2.11. The number of nitrogen functional groups attached to an aromatic ring is 1. The topological polar surface area (TPSA) is 133 Å². The van der Waals surface area contributed by atoms with E-state index < -0.39 is 11.7 Å². The standard InChI is InChI=1S/C11H11N7O3/c1-2-21-10(19)9-6(12)4-18(16-9)7-3-8-14-15-11(20)17(8)5-13-7/h3-5H,2,12H2,1H3,(H,15,20). The molecule has 3 aromatic rings.